The number of carbonyl (C=O) groups excluding carboxylic acids is 1. The average molecular weight is 317 g/mol. The van der Waals surface area contributed by atoms with Crippen LogP contribution in [-0.2, 0) is 17.9 Å². The summed E-state index contributed by atoms with van der Waals surface area (Å²) in [6.07, 6.45) is 0.227. The summed E-state index contributed by atoms with van der Waals surface area (Å²) in [6, 6.07) is 9.65. The molecule has 0 atom stereocenters. The highest BCUT2D eigenvalue weighted by Gasteiger charge is 2.15. The lowest BCUT2D eigenvalue weighted by Crippen LogP contribution is -2.34. The van der Waals surface area contributed by atoms with E-state index in [4.69, 9.17) is 0 Å². The number of carbonyl (C=O) groups is 1. The van der Waals surface area contributed by atoms with E-state index in [1.165, 1.54) is 0 Å². The number of aromatic nitrogens is 2. The highest BCUT2D eigenvalue weighted by atomic mass is 16.3. The molecule has 0 bridgehead atoms. The van der Waals surface area contributed by atoms with Gasteiger partial charge < -0.3 is 15.0 Å². The Bertz CT molecular complexity index is 704. The number of nitrogens with zero attached hydrogens (tertiary/aromatic N) is 2. The molecule has 0 saturated carbocycles. The van der Waals surface area contributed by atoms with E-state index < -0.39 is 0 Å². The molecule has 0 radical (unpaired) electrons. The molecule has 6 nitrogen and oxygen atoms in total. The molecule has 0 fully saturated rings. The fraction of sp³-hybridized carbons (Fsp3) is 0.412. The van der Waals surface area contributed by atoms with E-state index in [9.17, 15) is 14.7 Å². The molecule has 0 aliphatic heterocycles. The Balaban J connectivity index is 2.02. The van der Waals surface area contributed by atoms with Crippen LogP contribution in [0.4, 0.5) is 0 Å². The van der Waals surface area contributed by atoms with Gasteiger partial charge in [0.05, 0.1) is 6.61 Å². The Morgan fingerprint density at radius 3 is 2.52 bits per heavy atom. The van der Waals surface area contributed by atoms with Crippen LogP contribution >= 0.6 is 0 Å². The second-order valence-electron chi connectivity index (χ2n) is 5.57. The number of aliphatic hydroxyl groups is 1. The van der Waals surface area contributed by atoms with E-state index in [2.05, 4.69) is 4.98 Å². The summed E-state index contributed by atoms with van der Waals surface area (Å²) in [4.78, 5) is 28.6. The number of aromatic amines is 1. The fourth-order valence-corrected chi connectivity index (χ4v) is 2.52. The molecule has 2 rings (SSSR count). The Morgan fingerprint density at radius 1 is 1.26 bits per heavy atom. The Hall–Kier alpha value is -2.34. The van der Waals surface area contributed by atoms with Gasteiger partial charge in [0.25, 0.3) is 0 Å². The number of benzene rings is 1. The van der Waals surface area contributed by atoms with Crippen LogP contribution < -0.4 is 5.69 Å². The minimum absolute atomic E-state index is 0.0759. The first-order chi connectivity index (χ1) is 11.0. The molecule has 23 heavy (non-hydrogen) atoms. The van der Waals surface area contributed by atoms with Crippen LogP contribution in [0.2, 0.25) is 0 Å². The number of hydrogen-bond donors (Lipinski definition) is 2. The van der Waals surface area contributed by atoms with Crippen molar-refractivity contribution in [1.29, 1.82) is 0 Å². The first kappa shape index (κ1) is 17.0. The van der Waals surface area contributed by atoms with Crippen molar-refractivity contribution in [2.24, 2.45) is 0 Å². The average Bonchev–Trinajstić information content (AvgIpc) is 2.78. The number of rotatable bonds is 7. The fourth-order valence-electron chi connectivity index (χ4n) is 2.52. The van der Waals surface area contributed by atoms with Gasteiger partial charge in [0.2, 0.25) is 5.91 Å². The monoisotopic (exact) mass is 317 g/mol. The SMILES string of the molecule is Cc1[nH]c(=O)n(CCC(=O)N(CCO)Cc2ccccc2)c1C. The van der Waals surface area contributed by atoms with Crippen molar-refractivity contribution < 1.29 is 9.90 Å². The maximum absolute atomic E-state index is 12.4. The lowest BCUT2D eigenvalue weighted by molar-refractivity contribution is -0.132. The third-order valence-corrected chi connectivity index (χ3v) is 3.98. The second kappa shape index (κ2) is 7.78. The summed E-state index contributed by atoms with van der Waals surface area (Å²) >= 11 is 0. The molecule has 6 heteroatoms. The molecule has 0 aliphatic rings. The largest absolute Gasteiger partial charge is 0.395 e. The smallest absolute Gasteiger partial charge is 0.325 e. The summed E-state index contributed by atoms with van der Waals surface area (Å²) in [5.74, 6) is -0.0759. The first-order valence-corrected chi connectivity index (χ1v) is 7.71. The summed E-state index contributed by atoms with van der Waals surface area (Å²) in [7, 11) is 0. The maximum Gasteiger partial charge on any atom is 0.325 e. The maximum atomic E-state index is 12.4. The van der Waals surface area contributed by atoms with Gasteiger partial charge in [-0.15, -0.1) is 0 Å². The minimum Gasteiger partial charge on any atom is -0.395 e. The van der Waals surface area contributed by atoms with Crippen LogP contribution in [0.1, 0.15) is 23.4 Å². The van der Waals surface area contributed by atoms with Gasteiger partial charge >= 0.3 is 5.69 Å². The van der Waals surface area contributed by atoms with Gasteiger partial charge in [-0.25, -0.2) is 4.79 Å². The van der Waals surface area contributed by atoms with Gasteiger partial charge in [0.15, 0.2) is 0 Å². The van der Waals surface area contributed by atoms with E-state index in [1.54, 1.807) is 9.47 Å². The van der Waals surface area contributed by atoms with Crippen molar-refractivity contribution in [3.05, 3.63) is 57.8 Å². The third-order valence-electron chi connectivity index (χ3n) is 3.98. The third kappa shape index (κ3) is 4.32. The molecule has 0 saturated heterocycles. The van der Waals surface area contributed by atoms with Crippen molar-refractivity contribution in [2.75, 3.05) is 13.2 Å². The topological polar surface area (TPSA) is 78.3 Å². The predicted octanol–water partition coefficient (Wildman–Crippen LogP) is 1.20. The van der Waals surface area contributed by atoms with Crippen LogP contribution in [0, 0.1) is 13.8 Å². The molecular weight excluding hydrogens is 294 g/mol. The van der Waals surface area contributed by atoms with E-state index >= 15 is 0 Å². The van der Waals surface area contributed by atoms with Gasteiger partial charge in [0.1, 0.15) is 0 Å². The zero-order valence-corrected chi connectivity index (χ0v) is 13.6. The van der Waals surface area contributed by atoms with Crippen molar-refractivity contribution in [1.82, 2.24) is 14.5 Å². The minimum atomic E-state index is -0.190. The van der Waals surface area contributed by atoms with Gasteiger partial charge in [-0.1, -0.05) is 30.3 Å². The second-order valence-corrected chi connectivity index (χ2v) is 5.57. The number of nitrogens with one attached hydrogen (secondary N) is 1. The molecule has 0 aliphatic carbocycles. The highest BCUT2D eigenvalue weighted by Crippen LogP contribution is 2.07. The van der Waals surface area contributed by atoms with Crippen LogP contribution in [0.5, 0.6) is 0 Å². The van der Waals surface area contributed by atoms with Crippen LogP contribution in [0.25, 0.3) is 0 Å². The molecule has 1 aromatic carbocycles. The predicted molar refractivity (Wildman–Crippen MR) is 88.1 cm³/mol. The van der Waals surface area contributed by atoms with Crippen molar-refractivity contribution in [2.45, 2.75) is 33.4 Å². The Labute approximate surface area is 135 Å². The number of aryl methyl sites for hydroxylation is 1. The molecule has 1 aromatic heterocycles. The zero-order valence-electron chi connectivity index (χ0n) is 13.6. The van der Waals surface area contributed by atoms with Gasteiger partial charge in [0, 0.05) is 37.4 Å². The molecular formula is C17H23N3O3. The molecule has 1 amide bonds. The summed E-state index contributed by atoms with van der Waals surface area (Å²) in [6.45, 7) is 4.69. The lowest BCUT2D eigenvalue weighted by atomic mass is 10.2. The molecule has 0 unspecified atom stereocenters. The Kier molecular flexibility index (Phi) is 5.76. The number of imidazole rings is 1. The number of aliphatic hydroxyl groups excluding tert-OH is 1. The van der Waals surface area contributed by atoms with Crippen molar-refractivity contribution in [3.63, 3.8) is 0 Å². The zero-order chi connectivity index (χ0) is 16.8. The normalized spacial score (nSPS) is 10.7. The first-order valence-electron chi connectivity index (χ1n) is 7.71. The van der Waals surface area contributed by atoms with E-state index in [0.29, 0.717) is 13.1 Å². The highest BCUT2D eigenvalue weighted by molar-refractivity contribution is 5.76. The van der Waals surface area contributed by atoms with Crippen LogP contribution in [0.15, 0.2) is 35.1 Å². The number of H-pyrrole nitrogens is 1. The Morgan fingerprint density at radius 2 is 1.96 bits per heavy atom. The van der Waals surface area contributed by atoms with Crippen LogP contribution in [0.3, 0.4) is 0 Å². The van der Waals surface area contributed by atoms with Gasteiger partial charge in [-0.3, -0.25) is 9.36 Å². The molecule has 2 N–H and O–H groups in total. The summed E-state index contributed by atoms with van der Waals surface area (Å²) in [5.41, 5.74) is 2.49. The summed E-state index contributed by atoms with van der Waals surface area (Å²) < 4.78 is 1.58. The lowest BCUT2D eigenvalue weighted by Gasteiger charge is -2.22. The molecule has 1 heterocycles. The van der Waals surface area contributed by atoms with Crippen molar-refractivity contribution in [3.8, 4) is 0 Å². The van der Waals surface area contributed by atoms with E-state index in [1.807, 2.05) is 44.2 Å². The van der Waals surface area contributed by atoms with Gasteiger partial charge in [-0.05, 0) is 19.4 Å². The summed E-state index contributed by atoms with van der Waals surface area (Å²) in [5, 5.41) is 9.19. The van der Waals surface area contributed by atoms with Crippen molar-refractivity contribution >= 4 is 5.91 Å². The van der Waals surface area contributed by atoms with Crippen LogP contribution in [-0.4, -0.2) is 38.6 Å². The van der Waals surface area contributed by atoms with E-state index in [0.717, 1.165) is 17.0 Å². The van der Waals surface area contributed by atoms with Gasteiger partial charge in [-0.2, -0.15) is 0 Å². The van der Waals surface area contributed by atoms with E-state index in [-0.39, 0.29) is 31.2 Å². The molecule has 0 spiro atoms. The number of hydrogen-bond acceptors (Lipinski definition) is 3. The standard InChI is InChI=1S/C17H23N3O3/c1-13-14(2)20(17(23)18-13)9-8-16(22)19(10-11-21)12-15-6-4-3-5-7-15/h3-7,21H,8-12H2,1-2H3,(H,18,23). The molecule has 2 aromatic rings. The molecule has 124 valence electrons. The quantitative estimate of drug-likeness (QED) is 0.805. The number of amides is 1.